The van der Waals surface area contributed by atoms with E-state index in [0.717, 1.165) is 16.7 Å². The number of aromatic hydroxyl groups is 1. The van der Waals surface area contributed by atoms with E-state index >= 15 is 0 Å². The predicted octanol–water partition coefficient (Wildman–Crippen LogP) is 4.83. The number of rotatable bonds is 5. The SMILES string of the molecule is CC(c1ccccc1)c1cc(Cc2ccccc2)cc(C(=O)O)c1O. The van der Waals surface area contributed by atoms with Crippen molar-refractivity contribution in [3.8, 4) is 5.75 Å². The van der Waals surface area contributed by atoms with Crippen LogP contribution in [0.3, 0.4) is 0 Å². The molecule has 2 N–H and O–H groups in total. The molecule has 3 nitrogen and oxygen atoms in total. The lowest BCUT2D eigenvalue weighted by Gasteiger charge is -2.17. The molecule has 0 bridgehead atoms. The molecule has 0 saturated carbocycles. The zero-order chi connectivity index (χ0) is 17.8. The molecule has 0 aliphatic carbocycles. The van der Waals surface area contributed by atoms with E-state index in [4.69, 9.17) is 0 Å². The molecule has 0 aliphatic rings. The molecule has 3 aromatic rings. The summed E-state index contributed by atoms with van der Waals surface area (Å²) in [5.74, 6) is -1.37. The molecule has 3 aromatic carbocycles. The van der Waals surface area contributed by atoms with Gasteiger partial charge in [0.05, 0.1) is 0 Å². The van der Waals surface area contributed by atoms with Crippen LogP contribution in [0.5, 0.6) is 5.75 Å². The van der Waals surface area contributed by atoms with Gasteiger partial charge in [-0.3, -0.25) is 0 Å². The smallest absolute Gasteiger partial charge is 0.339 e. The number of carbonyl (C=O) groups is 1. The molecule has 0 amide bonds. The van der Waals surface area contributed by atoms with Crippen LogP contribution in [-0.2, 0) is 6.42 Å². The standard InChI is InChI=1S/C22H20O3/c1-15(18-10-6-3-7-11-18)19-13-17(12-16-8-4-2-5-9-16)14-20(21(19)23)22(24)25/h2-11,13-15,23H,12H2,1H3,(H,24,25). The average Bonchev–Trinajstić information content (AvgIpc) is 2.64. The third-order valence-corrected chi connectivity index (χ3v) is 4.45. The molecule has 1 atom stereocenters. The van der Waals surface area contributed by atoms with Crippen molar-refractivity contribution in [3.63, 3.8) is 0 Å². The molecule has 0 heterocycles. The van der Waals surface area contributed by atoms with Gasteiger partial charge in [0, 0.05) is 11.5 Å². The molecule has 0 saturated heterocycles. The van der Waals surface area contributed by atoms with E-state index in [1.807, 2.05) is 73.7 Å². The molecule has 3 heteroatoms. The normalized spacial score (nSPS) is 11.9. The van der Waals surface area contributed by atoms with Gasteiger partial charge in [-0.1, -0.05) is 73.7 Å². The summed E-state index contributed by atoms with van der Waals surface area (Å²) in [4.78, 5) is 11.6. The number of benzene rings is 3. The van der Waals surface area contributed by atoms with Crippen LogP contribution in [0.4, 0.5) is 0 Å². The van der Waals surface area contributed by atoms with E-state index < -0.39 is 5.97 Å². The first kappa shape index (κ1) is 16.8. The van der Waals surface area contributed by atoms with Crippen molar-refractivity contribution in [1.82, 2.24) is 0 Å². The van der Waals surface area contributed by atoms with Crippen molar-refractivity contribution in [3.05, 3.63) is 101 Å². The van der Waals surface area contributed by atoms with Crippen molar-refractivity contribution in [2.45, 2.75) is 19.3 Å². The van der Waals surface area contributed by atoms with E-state index in [9.17, 15) is 15.0 Å². The maximum atomic E-state index is 11.6. The van der Waals surface area contributed by atoms with Crippen LogP contribution in [0.25, 0.3) is 0 Å². The number of phenols is 1. The molecular formula is C22H20O3. The zero-order valence-corrected chi connectivity index (χ0v) is 14.0. The molecule has 0 fully saturated rings. The van der Waals surface area contributed by atoms with Gasteiger partial charge >= 0.3 is 5.97 Å². The summed E-state index contributed by atoms with van der Waals surface area (Å²) in [6.07, 6.45) is 0.621. The van der Waals surface area contributed by atoms with Gasteiger partial charge < -0.3 is 10.2 Å². The fourth-order valence-electron chi connectivity index (χ4n) is 3.07. The van der Waals surface area contributed by atoms with Crippen LogP contribution in [0, 0.1) is 0 Å². The molecule has 0 aromatic heterocycles. The Morgan fingerprint density at radius 1 is 0.920 bits per heavy atom. The second-order valence-corrected chi connectivity index (χ2v) is 6.18. The largest absolute Gasteiger partial charge is 0.507 e. The van der Waals surface area contributed by atoms with Crippen LogP contribution in [0.2, 0.25) is 0 Å². The van der Waals surface area contributed by atoms with Crippen LogP contribution in [0.15, 0.2) is 72.8 Å². The summed E-state index contributed by atoms with van der Waals surface area (Å²) < 4.78 is 0. The highest BCUT2D eigenvalue weighted by atomic mass is 16.4. The van der Waals surface area contributed by atoms with E-state index in [1.54, 1.807) is 6.07 Å². The van der Waals surface area contributed by atoms with Crippen molar-refractivity contribution in [2.75, 3.05) is 0 Å². The van der Waals surface area contributed by atoms with E-state index in [1.165, 1.54) is 0 Å². The minimum Gasteiger partial charge on any atom is -0.507 e. The summed E-state index contributed by atoms with van der Waals surface area (Å²) >= 11 is 0. The highest BCUT2D eigenvalue weighted by molar-refractivity contribution is 5.91. The van der Waals surface area contributed by atoms with Gasteiger partial charge in [0.15, 0.2) is 0 Å². The van der Waals surface area contributed by atoms with E-state index in [0.29, 0.717) is 12.0 Å². The van der Waals surface area contributed by atoms with Gasteiger partial charge in [-0.15, -0.1) is 0 Å². The lowest BCUT2D eigenvalue weighted by molar-refractivity contribution is 0.0693. The molecule has 0 radical (unpaired) electrons. The monoisotopic (exact) mass is 332 g/mol. The molecule has 1 unspecified atom stereocenters. The second-order valence-electron chi connectivity index (χ2n) is 6.18. The van der Waals surface area contributed by atoms with Crippen LogP contribution < -0.4 is 0 Å². The average molecular weight is 332 g/mol. The summed E-state index contributed by atoms with van der Waals surface area (Å²) in [5.41, 5.74) is 3.59. The van der Waals surface area contributed by atoms with Gasteiger partial charge in [-0.2, -0.15) is 0 Å². The van der Waals surface area contributed by atoms with Gasteiger partial charge in [0.2, 0.25) is 0 Å². The van der Waals surface area contributed by atoms with E-state index in [-0.39, 0.29) is 17.2 Å². The zero-order valence-electron chi connectivity index (χ0n) is 14.0. The molecule has 126 valence electrons. The van der Waals surface area contributed by atoms with Crippen molar-refractivity contribution in [1.29, 1.82) is 0 Å². The quantitative estimate of drug-likeness (QED) is 0.703. The first-order valence-electron chi connectivity index (χ1n) is 8.24. The Labute approximate surface area is 147 Å². The molecule has 25 heavy (non-hydrogen) atoms. The lowest BCUT2D eigenvalue weighted by Crippen LogP contribution is -2.05. The Kier molecular flexibility index (Phi) is 4.85. The van der Waals surface area contributed by atoms with Gasteiger partial charge in [-0.05, 0) is 29.2 Å². The summed E-state index contributed by atoms with van der Waals surface area (Å²) in [6.45, 7) is 1.97. The molecule has 0 aliphatic heterocycles. The lowest BCUT2D eigenvalue weighted by atomic mass is 9.88. The maximum absolute atomic E-state index is 11.6. The van der Waals surface area contributed by atoms with Gasteiger partial charge in [0.1, 0.15) is 11.3 Å². The first-order chi connectivity index (χ1) is 12.1. The number of hydrogen-bond acceptors (Lipinski definition) is 2. The fraction of sp³-hybridized carbons (Fsp3) is 0.136. The van der Waals surface area contributed by atoms with Crippen LogP contribution in [0.1, 0.15) is 45.5 Å². The Balaban J connectivity index is 2.06. The van der Waals surface area contributed by atoms with Gasteiger partial charge in [-0.25, -0.2) is 4.79 Å². The van der Waals surface area contributed by atoms with Crippen molar-refractivity contribution in [2.24, 2.45) is 0 Å². The highest BCUT2D eigenvalue weighted by Crippen LogP contribution is 2.35. The number of carboxylic acid groups (broad SMARTS) is 1. The minimum atomic E-state index is -1.12. The molecule has 3 rings (SSSR count). The minimum absolute atomic E-state index is 0.0498. The first-order valence-corrected chi connectivity index (χ1v) is 8.24. The Morgan fingerprint density at radius 3 is 2.12 bits per heavy atom. The number of aromatic carboxylic acids is 1. The van der Waals surface area contributed by atoms with Gasteiger partial charge in [0.25, 0.3) is 0 Å². The van der Waals surface area contributed by atoms with Crippen molar-refractivity contribution < 1.29 is 15.0 Å². The third kappa shape index (κ3) is 3.72. The van der Waals surface area contributed by atoms with Crippen LogP contribution in [-0.4, -0.2) is 16.2 Å². The fourth-order valence-corrected chi connectivity index (χ4v) is 3.07. The maximum Gasteiger partial charge on any atom is 0.339 e. The topological polar surface area (TPSA) is 57.5 Å². The second kappa shape index (κ2) is 7.22. The highest BCUT2D eigenvalue weighted by Gasteiger charge is 2.20. The Hall–Kier alpha value is -3.07. The van der Waals surface area contributed by atoms with Crippen molar-refractivity contribution >= 4 is 5.97 Å². The summed E-state index contributed by atoms with van der Waals surface area (Å²) in [7, 11) is 0. The summed E-state index contributed by atoms with van der Waals surface area (Å²) in [5, 5.41) is 20.0. The predicted molar refractivity (Wildman–Crippen MR) is 98.3 cm³/mol. The number of carboxylic acids is 1. The third-order valence-electron chi connectivity index (χ3n) is 4.45. The Bertz CT molecular complexity index is 871. The Morgan fingerprint density at radius 2 is 1.52 bits per heavy atom. The van der Waals surface area contributed by atoms with Crippen LogP contribution >= 0.6 is 0 Å². The summed E-state index contributed by atoms with van der Waals surface area (Å²) in [6, 6.07) is 23.1. The molecular weight excluding hydrogens is 312 g/mol. The number of hydrogen-bond donors (Lipinski definition) is 2. The molecule has 0 spiro atoms. The van der Waals surface area contributed by atoms with E-state index in [2.05, 4.69) is 0 Å².